The van der Waals surface area contributed by atoms with Crippen LogP contribution in [0, 0.1) is 0 Å². The van der Waals surface area contributed by atoms with Crippen molar-refractivity contribution in [1.82, 2.24) is 10.2 Å². The molecule has 0 radical (unpaired) electrons. The fraction of sp³-hybridized carbons (Fsp3) is 0.286. The van der Waals surface area contributed by atoms with E-state index >= 15 is 0 Å². The molecule has 0 bridgehead atoms. The summed E-state index contributed by atoms with van der Waals surface area (Å²) < 4.78 is 16.3. The Morgan fingerprint density at radius 3 is 2.55 bits per heavy atom. The molecule has 0 saturated carbocycles. The zero-order valence-corrected chi connectivity index (χ0v) is 17.6. The second-order valence-corrected chi connectivity index (χ2v) is 7.53. The molecule has 0 fully saturated rings. The zero-order chi connectivity index (χ0) is 20.8. The van der Waals surface area contributed by atoms with Crippen molar-refractivity contribution in [3.8, 4) is 23.0 Å². The fourth-order valence-electron chi connectivity index (χ4n) is 2.61. The third-order valence-corrected chi connectivity index (χ3v) is 5.26. The van der Waals surface area contributed by atoms with Crippen molar-refractivity contribution >= 4 is 23.4 Å². The van der Waals surface area contributed by atoms with Crippen LogP contribution in [0.4, 0.5) is 5.69 Å². The van der Waals surface area contributed by atoms with Crippen LogP contribution >= 0.6 is 11.8 Å². The minimum Gasteiger partial charge on any atom is -0.497 e. The maximum Gasteiger partial charge on any atom is 0.277 e. The number of aromatic nitrogens is 2. The highest BCUT2D eigenvalue weighted by molar-refractivity contribution is 8.00. The molecule has 0 aliphatic rings. The Kier molecular flexibility index (Phi) is 6.77. The first-order valence-electron chi connectivity index (χ1n) is 9.16. The molecule has 3 aromatic rings. The van der Waals surface area contributed by atoms with Gasteiger partial charge >= 0.3 is 0 Å². The second kappa shape index (κ2) is 9.47. The Morgan fingerprint density at radius 1 is 1.14 bits per heavy atom. The van der Waals surface area contributed by atoms with E-state index in [9.17, 15) is 4.79 Å². The lowest BCUT2D eigenvalue weighted by Gasteiger charge is -2.10. The number of benzene rings is 2. The highest BCUT2D eigenvalue weighted by Crippen LogP contribution is 2.34. The third kappa shape index (κ3) is 5.08. The predicted octanol–water partition coefficient (Wildman–Crippen LogP) is 4.44. The summed E-state index contributed by atoms with van der Waals surface area (Å²) >= 11 is 1.20. The Balaban J connectivity index is 1.66. The molecule has 0 spiro atoms. The van der Waals surface area contributed by atoms with E-state index in [1.165, 1.54) is 17.3 Å². The van der Waals surface area contributed by atoms with Gasteiger partial charge in [-0.25, -0.2) is 0 Å². The molecule has 1 amide bonds. The maximum atomic E-state index is 12.5. The molecule has 1 N–H and O–H groups in total. The van der Waals surface area contributed by atoms with Crippen LogP contribution in [-0.2, 0) is 11.2 Å². The Bertz CT molecular complexity index is 972. The van der Waals surface area contributed by atoms with Crippen LogP contribution in [0.25, 0.3) is 11.5 Å². The van der Waals surface area contributed by atoms with Crippen molar-refractivity contribution in [3.63, 3.8) is 0 Å². The van der Waals surface area contributed by atoms with Crippen molar-refractivity contribution < 1.29 is 18.7 Å². The zero-order valence-electron chi connectivity index (χ0n) is 16.8. The predicted molar refractivity (Wildman–Crippen MR) is 113 cm³/mol. The van der Waals surface area contributed by atoms with Gasteiger partial charge in [-0.2, -0.15) is 0 Å². The number of methoxy groups -OCH3 is 2. The quantitative estimate of drug-likeness (QED) is 0.547. The standard InChI is InChI=1S/C21H23N3O4S/c1-5-14-6-8-15(9-7-14)22-19(25)13(2)29-21-24-23-20(28-21)17-11-10-16(26-3)12-18(17)27-4/h6-13H,5H2,1-4H3,(H,22,25)/t13-/m1/s1. The molecule has 0 aliphatic heterocycles. The van der Waals surface area contributed by atoms with Crippen LogP contribution < -0.4 is 14.8 Å². The molecule has 0 aliphatic carbocycles. The number of hydrogen-bond acceptors (Lipinski definition) is 7. The van der Waals surface area contributed by atoms with Crippen molar-refractivity contribution in [2.75, 3.05) is 19.5 Å². The van der Waals surface area contributed by atoms with Crippen LogP contribution in [0.5, 0.6) is 11.5 Å². The monoisotopic (exact) mass is 413 g/mol. The van der Waals surface area contributed by atoms with E-state index in [2.05, 4.69) is 22.4 Å². The molecule has 2 aromatic carbocycles. The first kappa shape index (κ1) is 20.7. The molecule has 1 atom stereocenters. The molecule has 1 aromatic heterocycles. The maximum absolute atomic E-state index is 12.5. The number of amides is 1. The van der Waals surface area contributed by atoms with Gasteiger partial charge in [-0.1, -0.05) is 30.8 Å². The van der Waals surface area contributed by atoms with Crippen LogP contribution in [0.3, 0.4) is 0 Å². The van der Waals surface area contributed by atoms with Crippen LogP contribution in [-0.4, -0.2) is 35.6 Å². The molecule has 152 valence electrons. The number of nitrogens with zero attached hydrogens (tertiary/aromatic N) is 2. The minimum atomic E-state index is -0.410. The van der Waals surface area contributed by atoms with E-state index < -0.39 is 5.25 Å². The average Bonchev–Trinajstić information content (AvgIpc) is 3.21. The van der Waals surface area contributed by atoms with Crippen molar-refractivity contribution in [3.05, 3.63) is 48.0 Å². The second-order valence-electron chi connectivity index (χ2n) is 6.24. The summed E-state index contributed by atoms with van der Waals surface area (Å²) in [5.41, 5.74) is 2.63. The van der Waals surface area contributed by atoms with E-state index in [4.69, 9.17) is 13.9 Å². The number of carbonyl (C=O) groups excluding carboxylic acids is 1. The Morgan fingerprint density at radius 2 is 1.90 bits per heavy atom. The van der Waals surface area contributed by atoms with E-state index in [1.54, 1.807) is 39.3 Å². The summed E-state index contributed by atoms with van der Waals surface area (Å²) in [6.45, 7) is 3.88. The molecule has 8 heteroatoms. The summed E-state index contributed by atoms with van der Waals surface area (Å²) in [5.74, 6) is 1.40. The number of rotatable bonds is 8. The number of nitrogens with one attached hydrogen (secondary N) is 1. The first-order chi connectivity index (χ1) is 14.0. The van der Waals surface area contributed by atoms with Gasteiger partial charge in [0.2, 0.25) is 5.91 Å². The fourth-order valence-corrected chi connectivity index (χ4v) is 3.30. The van der Waals surface area contributed by atoms with E-state index in [-0.39, 0.29) is 5.91 Å². The summed E-state index contributed by atoms with van der Waals surface area (Å²) in [5, 5.41) is 10.9. The normalized spacial score (nSPS) is 11.7. The minimum absolute atomic E-state index is 0.138. The summed E-state index contributed by atoms with van der Waals surface area (Å²) in [6.07, 6.45) is 0.957. The van der Waals surface area contributed by atoms with Crippen LogP contribution in [0.1, 0.15) is 19.4 Å². The van der Waals surface area contributed by atoms with Gasteiger partial charge in [0.05, 0.1) is 25.0 Å². The topological polar surface area (TPSA) is 86.5 Å². The van der Waals surface area contributed by atoms with Crippen molar-refractivity contribution in [2.45, 2.75) is 30.7 Å². The SMILES string of the molecule is CCc1ccc(NC(=O)[C@@H](C)Sc2nnc(-c3ccc(OC)cc3OC)o2)cc1. The molecule has 7 nitrogen and oxygen atoms in total. The number of hydrogen-bond donors (Lipinski definition) is 1. The van der Waals surface area contributed by atoms with Crippen molar-refractivity contribution in [2.24, 2.45) is 0 Å². The first-order valence-corrected chi connectivity index (χ1v) is 10.0. The Labute approximate surface area is 173 Å². The largest absolute Gasteiger partial charge is 0.497 e. The highest BCUT2D eigenvalue weighted by atomic mass is 32.2. The van der Waals surface area contributed by atoms with E-state index in [1.807, 2.05) is 24.3 Å². The molecule has 29 heavy (non-hydrogen) atoms. The van der Waals surface area contributed by atoms with Gasteiger partial charge in [0.15, 0.2) is 0 Å². The summed E-state index contributed by atoms with van der Waals surface area (Å²) in [7, 11) is 3.14. The number of aryl methyl sites for hydroxylation is 1. The van der Waals surface area contributed by atoms with Crippen LogP contribution in [0.15, 0.2) is 52.1 Å². The summed E-state index contributed by atoms with van der Waals surface area (Å²) in [6, 6.07) is 13.1. The van der Waals surface area contributed by atoms with E-state index in [0.29, 0.717) is 28.2 Å². The van der Waals surface area contributed by atoms with E-state index in [0.717, 1.165) is 12.1 Å². The Hall–Kier alpha value is -3.00. The molecule has 0 saturated heterocycles. The average molecular weight is 413 g/mol. The van der Waals surface area contributed by atoms with Gasteiger partial charge in [0.25, 0.3) is 11.1 Å². The lowest BCUT2D eigenvalue weighted by Crippen LogP contribution is -2.22. The molecule has 3 rings (SSSR count). The third-order valence-electron chi connectivity index (χ3n) is 4.32. The molecular formula is C21H23N3O4S. The lowest BCUT2D eigenvalue weighted by molar-refractivity contribution is -0.115. The van der Waals surface area contributed by atoms with Gasteiger partial charge < -0.3 is 19.2 Å². The van der Waals surface area contributed by atoms with Crippen molar-refractivity contribution in [1.29, 1.82) is 0 Å². The number of carbonyl (C=O) groups is 1. The smallest absolute Gasteiger partial charge is 0.277 e. The number of anilines is 1. The lowest BCUT2D eigenvalue weighted by atomic mass is 10.1. The highest BCUT2D eigenvalue weighted by Gasteiger charge is 2.20. The van der Waals surface area contributed by atoms with Gasteiger partial charge in [-0.3, -0.25) is 4.79 Å². The van der Waals surface area contributed by atoms with Gasteiger partial charge in [0.1, 0.15) is 11.5 Å². The number of thioether (sulfide) groups is 1. The summed E-state index contributed by atoms with van der Waals surface area (Å²) in [4.78, 5) is 12.5. The van der Waals surface area contributed by atoms with Gasteiger partial charge in [0, 0.05) is 11.8 Å². The van der Waals surface area contributed by atoms with Crippen LogP contribution in [0.2, 0.25) is 0 Å². The van der Waals surface area contributed by atoms with Gasteiger partial charge in [-0.05, 0) is 43.2 Å². The molecule has 1 heterocycles. The van der Waals surface area contributed by atoms with Gasteiger partial charge in [-0.15, -0.1) is 10.2 Å². The molecular weight excluding hydrogens is 390 g/mol. The number of ether oxygens (including phenoxy) is 2. The molecule has 0 unspecified atom stereocenters.